The van der Waals surface area contributed by atoms with Crippen LogP contribution in [0.25, 0.3) is 0 Å². The highest BCUT2D eigenvalue weighted by molar-refractivity contribution is 8.01. The number of aliphatic hydroxyl groups is 1. The third-order valence-electron chi connectivity index (χ3n) is 6.43. The third kappa shape index (κ3) is 5.23. The SMILES string of the molecule is COC(=O)C1(CCCN2CCN(c3ccccc3)CC2)Sc2cc(OC)ccc2OCC1O. The van der Waals surface area contributed by atoms with E-state index in [2.05, 4.69) is 34.1 Å². The zero-order valence-electron chi connectivity index (χ0n) is 19.2. The number of fused-ring (bicyclic) bond motifs is 1. The maximum absolute atomic E-state index is 13.0. The number of nitrogens with zero attached hydrogens (tertiary/aromatic N) is 2. The topological polar surface area (TPSA) is 71.5 Å². The molecule has 2 aromatic rings. The molecule has 2 heterocycles. The summed E-state index contributed by atoms with van der Waals surface area (Å²) in [6.07, 6.45) is 0.275. The highest BCUT2D eigenvalue weighted by atomic mass is 32.2. The van der Waals surface area contributed by atoms with Crippen molar-refractivity contribution in [2.75, 3.05) is 58.5 Å². The van der Waals surface area contributed by atoms with Crippen molar-refractivity contribution in [2.24, 2.45) is 0 Å². The first-order valence-electron chi connectivity index (χ1n) is 11.3. The van der Waals surface area contributed by atoms with Gasteiger partial charge in [0.15, 0.2) is 0 Å². The molecule has 178 valence electrons. The van der Waals surface area contributed by atoms with Crippen LogP contribution in [0.1, 0.15) is 12.8 Å². The molecular formula is C25H32N2O5S. The molecule has 0 bridgehead atoms. The number of para-hydroxylation sites is 1. The van der Waals surface area contributed by atoms with E-state index < -0.39 is 16.8 Å². The first-order valence-corrected chi connectivity index (χ1v) is 12.2. The molecule has 0 spiro atoms. The Bertz CT molecular complexity index is 936. The van der Waals surface area contributed by atoms with Crippen LogP contribution in [0, 0.1) is 0 Å². The number of ether oxygens (including phenoxy) is 3. The molecule has 1 N–H and O–H groups in total. The van der Waals surface area contributed by atoms with Crippen LogP contribution < -0.4 is 14.4 Å². The average molecular weight is 473 g/mol. The molecular weight excluding hydrogens is 440 g/mol. The second-order valence-electron chi connectivity index (χ2n) is 8.39. The van der Waals surface area contributed by atoms with Gasteiger partial charge in [-0.25, -0.2) is 0 Å². The minimum atomic E-state index is -1.13. The monoisotopic (exact) mass is 472 g/mol. The molecule has 33 heavy (non-hydrogen) atoms. The highest BCUT2D eigenvalue weighted by Crippen LogP contribution is 2.47. The van der Waals surface area contributed by atoms with Gasteiger partial charge < -0.3 is 24.2 Å². The lowest BCUT2D eigenvalue weighted by Crippen LogP contribution is -2.50. The zero-order valence-corrected chi connectivity index (χ0v) is 20.1. The standard InChI is InChI=1S/C25H32N2O5S/c1-30-20-9-10-21-22(17-20)33-25(24(29)31-2,23(28)18-32-21)11-6-12-26-13-15-27(16-14-26)19-7-4-3-5-8-19/h3-5,7-10,17,23,28H,6,11-16,18H2,1-2H3. The summed E-state index contributed by atoms with van der Waals surface area (Å²) < 4.78 is 15.2. The molecule has 0 saturated carbocycles. The quantitative estimate of drug-likeness (QED) is 0.617. The van der Waals surface area contributed by atoms with Crippen molar-refractivity contribution in [1.29, 1.82) is 0 Å². The number of thioether (sulfide) groups is 1. The Labute approximate surface area is 199 Å². The molecule has 0 radical (unpaired) electrons. The number of hydrogen-bond donors (Lipinski definition) is 1. The normalized spacial score (nSPS) is 23.2. The first kappa shape index (κ1) is 23.7. The Balaban J connectivity index is 1.41. The Kier molecular flexibility index (Phi) is 7.67. The number of carbonyl (C=O) groups excluding carboxylic acids is 1. The van der Waals surface area contributed by atoms with Crippen LogP contribution in [-0.4, -0.2) is 80.4 Å². The van der Waals surface area contributed by atoms with E-state index in [1.807, 2.05) is 24.3 Å². The van der Waals surface area contributed by atoms with E-state index in [0.29, 0.717) is 17.9 Å². The van der Waals surface area contributed by atoms with Crippen LogP contribution in [0.5, 0.6) is 11.5 Å². The second-order valence-corrected chi connectivity index (χ2v) is 9.76. The number of aliphatic hydroxyl groups excluding tert-OH is 1. The Morgan fingerprint density at radius 3 is 2.61 bits per heavy atom. The van der Waals surface area contributed by atoms with Crippen molar-refractivity contribution in [2.45, 2.75) is 28.6 Å². The van der Waals surface area contributed by atoms with Crippen molar-refractivity contribution in [1.82, 2.24) is 4.90 Å². The van der Waals surface area contributed by atoms with Crippen LogP contribution in [0.3, 0.4) is 0 Å². The van der Waals surface area contributed by atoms with Gasteiger partial charge in [-0.1, -0.05) is 18.2 Å². The molecule has 2 atom stereocenters. The maximum atomic E-state index is 13.0. The summed E-state index contributed by atoms with van der Waals surface area (Å²) in [5.41, 5.74) is 1.26. The van der Waals surface area contributed by atoms with E-state index in [9.17, 15) is 9.90 Å². The van der Waals surface area contributed by atoms with E-state index in [-0.39, 0.29) is 6.61 Å². The van der Waals surface area contributed by atoms with Gasteiger partial charge in [-0.2, -0.15) is 0 Å². The van der Waals surface area contributed by atoms with Crippen molar-refractivity contribution >= 4 is 23.4 Å². The molecule has 1 fully saturated rings. The molecule has 0 aromatic heterocycles. The summed E-state index contributed by atoms with van der Waals surface area (Å²) in [4.78, 5) is 18.6. The van der Waals surface area contributed by atoms with Crippen LogP contribution in [0.15, 0.2) is 53.4 Å². The molecule has 7 nitrogen and oxygen atoms in total. The van der Waals surface area contributed by atoms with E-state index >= 15 is 0 Å². The second kappa shape index (κ2) is 10.7. The summed E-state index contributed by atoms with van der Waals surface area (Å²) in [6.45, 7) is 4.80. The van der Waals surface area contributed by atoms with Gasteiger partial charge in [-0.15, -0.1) is 11.8 Å². The van der Waals surface area contributed by atoms with Crippen molar-refractivity contribution in [3.05, 3.63) is 48.5 Å². The maximum Gasteiger partial charge on any atom is 0.325 e. The van der Waals surface area contributed by atoms with E-state index in [1.165, 1.54) is 24.6 Å². The molecule has 0 aliphatic carbocycles. The fourth-order valence-electron chi connectivity index (χ4n) is 4.49. The molecule has 2 aliphatic rings. The van der Waals surface area contributed by atoms with Crippen molar-refractivity contribution in [3.63, 3.8) is 0 Å². The highest BCUT2D eigenvalue weighted by Gasteiger charge is 2.49. The minimum Gasteiger partial charge on any atom is -0.497 e. The number of rotatable bonds is 7. The van der Waals surface area contributed by atoms with E-state index in [1.54, 1.807) is 7.11 Å². The van der Waals surface area contributed by atoms with Gasteiger partial charge in [0.1, 0.15) is 29.0 Å². The Morgan fingerprint density at radius 2 is 1.91 bits per heavy atom. The third-order valence-corrected chi connectivity index (χ3v) is 7.97. The van der Waals surface area contributed by atoms with Gasteiger partial charge in [0, 0.05) is 31.9 Å². The number of esters is 1. The van der Waals surface area contributed by atoms with Crippen LogP contribution in [0.4, 0.5) is 5.69 Å². The fourth-order valence-corrected chi connectivity index (χ4v) is 5.90. The summed E-state index contributed by atoms with van der Waals surface area (Å²) >= 11 is 1.32. The molecule has 2 aromatic carbocycles. The number of anilines is 1. The van der Waals surface area contributed by atoms with Gasteiger partial charge in [0.2, 0.25) is 0 Å². The van der Waals surface area contributed by atoms with Crippen molar-refractivity contribution < 1.29 is 24.1 Å². The van der Waals surface area contributed by atoms with Crippen LogP contribution in [0.2, 0.25) is 0 Å². The largest absolute Gasteiger partial charge is 0.497 e. The predicted molar refractivity (Wildman–Crippen MR) is 129 cm³/mol. The number of carbonyl (C=O) groups is 1. The van der Waals surface area contributed by atoms with Crippen molar-refractivity contribution in [3.8, 4) is 11.5 Å². The lowest BCUT2D eigenvalue weighted by molar-refractivity contribution is -0.147. The Hall–Kier alpha value is -2.42. The minimum absolute atomic E-state index is 0.0389. The molecule has 0 amide bonds. The fraction of sp³-hybridized carbons (Fsp3) is 0.480. The molecule has 1 saturated heterocycles. The Morgan fingerprint density at radius 1 is 1.15 bits per heavy atom. The molecule has 8 heteroatoms. The molecule has 2 unspecified atom stereocenters. The lowest BCUT2D eigenvalue weighted by atomic mass is 9.95. The van der Waals surface area contributed by atoms with Gasteiger partial charge >= 0.3 is 5.97 Å². The summed E-state index contributed by atoms with van der Waals surface area (Å²) in [6, 6.07) is 15.9. The smallest absolute Gasteiger partial charge is 0.325 e. The van der Waals surface area contributed by atoms with Crippen LogP contribution >= 0.6 is 11.8 Å². The summed E-state index contributed by atoms with van der Waals surface area (Å²) in [5, 5.41) is 11.0. The number of piperazine rings is 1. The van der Waals surface area contributed by atoms with Gasteiger partial charge in [0.25, 0.3) is 0 Å². The number of hydrogen-bond acceptors (Lipinski definition) is 8. The molecule has 2 aliphatic heterocycles. The van der Waals surface area contributed by atoms with E-state index in [4.69, 9.17) is 14.2 Å². The van der Waals surface area contributed by atoms with Gasteiger partial charge in [0.05, 0.1) is 19.1 Å². The lowest BCUT2D eigenvalue weighted by Gasteiger charge is -2.37. The predicted octanol–water partition coefficient (Wildman–Crippen LogP) is 3.05. The van der Waals surface area contributed by atoms with Gasteiger partial charge in [-0.3, -0.25) is 9.69 Å². The first-order chi connectivity index (χ1) is 16.1. The van der Waals surface area contributed by atoms with E-state index in [0.717, 1.165) is 44.0 Å². The summed E-state index contributed by atoms with van der Waals surface area (Å²) in [7, 11) is 2.97. The number of benzene rings is 2. The number of methoxy groups -OCH3 is 2. The summed E-state index contributed by atoms with van der Waals surface area (Å²) in [5.74, 6) is 0.895. The molecule has 4 rings (SSSR count). The van der Waals surface area contributed by atoms with Crippen LogP contribution in [-0.2, 0) is 9.53 Å². The average Bonchev–Trinajstić information content (AvgIpc) is 3.01. The van der Waals surface area contributed by atoms with Gasteiger partial charge in [-0.05, 0) is 49.7 Å². The zero-order chi connectivity index (χ0) is 23.3.